The fraction of sp³-hybridized carbons (Fsp3) is 0.324. The monoisotopic (exact) mass is 691 g/mol. The molecule has 4 heterocycles. The van der Waals surface area contributed by atoms with Crippen LogP contribution in [-0.4, -0.2) is 76.1 Å². The van der Waals surface area contributed by atoms with Gasteiger partial charge in [0.1, 0.15) is 24.3 Å². The number of aromatic nitrogens is 5. The molecule has 2 aliphatic heterocycles. The molecule has 0 N–H and O–H groups in total. The first-order chi connectivity index (χ1) is 22.9. The van der Waals surface area contributed by atoms with E-state index in [1.165, 1.54) is 11.4 Å². The molecule has 3 aromatic carbocycles. The highest BCUT2D eigenvalue weighted by Crippen LogP contribution is 2.40. The molecule has 13 heteroatoms. The van der Waals surface area contributed by atoms with Crippen molar-refractivity contribution in [3.05, 3.63) is 107 Å². The van der Waals surface area contributed by atoms with E-state index in [0.717, 1.165) is 48.6 Å². The van der Waals surface area contributed by atoms with Crippen molar-refractivity contribution in [2.45, 2.75) is 30.5 Å². The van der Waals surface area contributed by atoms with Gasteiger partial charge in [-0.15, -0.1) is 10.2 Å². The Hall–Kier alpha value is -3.74. The SMILES string of the molecule is CSc1nnc(C)n1-c1ccc(N2CCN(c3ccc(OCC4COC(Cn5ccnc5)(c5ccc(Cl)cc5Cl)O4)cc3)CC2)cc1. The molecule has 2 unspecified atom stereocenters. The largest absolute Gasteiger partial charge is 0.491 e. The first kappa shape index (κ1) is 31.8. The van der Waals surface area contributed by atoms with E-state index in [1.54, 1.807) is 36.4 Å². The highest BCUT2D eigenvalue weighted by Gasteiger charge is 2.45. The van der Waals surface area contributed by atoms with E-state index in [1.807, 2.05) is 42.1 Å². The second-order valence-corrected chi connectivity index (χ2v) is 13.1. The third-order valence-corrected chi connectivity index (χ3v) is 9.70. The summed E-state index contributed by atoms with van der Waals surface area (Å²) in [6.45, 7) is 6.81. The third kappa shape index (κ3) is 6.81. The summed E-state index contributed by atoms with van der Waals surface area (Å²) in [5.41, 5.74) is 4.19. The minimum absolute atomic E-state index is 0.291. The zero-order chi connectivity index (χ0) is 32.4. The van der Waals surface area contributed by atoms with Crippen LogP contribution in [-0.2, 0) is 21.8 Å². The Balaban J connectivity index is 0.933. The van der Waals surface area contributed by atoms with Gasteiger partial charge in [0, 0.05) is 66.2 Å². The molecule has 5 aromatic rings. The molecule has 47 heavy (non-hydrogen) atoms. The number of nitrogens with zero attached hydrogens (tertiary/aromatic N) is 7. The van der Waals surface area contributed by atoms with Gasteiger partial charge >= 0.3 is 0 Å². The molecule has 2 aromatic heterocycles. The molecule has 0 bridgehead atoms. The number of piperazine rings is 1. The number of thioether (sulfide) groups is 1. The van der Waals surface area contributed by atoms with Gasteiger partial charge in [0.2, 0.25) is 5.79 Å². The van der Waals surface area contributed by atoms with Crippen molar-refractivity contribution < 1.29 is 14.2 Å². The Morgan fingerprint density at radius 3 is 2.23 bits per heavy atom. The van der Waals surface area contributed by atoms with Gasteiger partial charge in [-0.05, 0) is 73.8 Å². The molecule has 244 valence electrons. The van der Waals surface area contributed by atoms with Crippen LogP contribution in [0.2, 0.25) is 10.0 Å². The first-order valence-electron chi connectivity index (χ1n) is 15.4. The second-order valence-electron chi connectivity index (χ2n) is 11.5. The van der Waals surface area contributed by atoms with Crippen molar-refractivity contribution in [1.82, 2.24) is 24.3 Å². The van der Waals surface area contributed by atoms with Crippen molar-refractivity contribution in [2.24, 2.45) is 0 Å². The second kappa shape index (κ2) is 13.8. The lowest BCUT2D eigenvalue weighted by Gasteiger charge is -2.37. The van der Waals surface area contributed by atoms with Crippen molar-refractivity contribution in [2.75, 3.05) is 55.4 Å². The molecular weight excluding hydrogens is 657 g/mol. The highest BCUT2D eigenvalue weighted by atomic mass is 35.5. The van der Waals surface area contributed by atoms with E-state index < -0.39 is 5.79 Å². The lowest BCUT2D eigenvalue weighted by molar-refractivity contribution is -0.189. The fourth-order valence-corrected chi connectivity index (χ4v) is 7.22. The predicted molar refractivity (Wildman–Crippen MR) is 185 cm³/mol. The van der Waals surface area contributed by atoms with Crippen LogP contribution in [0.15, 0.2) is 90.6 Å². The van der Waals surface area contributed by atoms with Gasteiger partial charge in [0.15, 0.2) is 5.16 Å². The Kier molecular flexibility index (Phi) is 9.33. The molecule has 0 radical (unpaired) electrons. The number of halogens is 2. The van der Waals surface area contributed by atoms with E-state index in [0.29, 0.717) is 35.4 Å². The van der Waals surface area contributed by atoms with Gasteiger partial charge in [0.05, 0.1) is 24.5 Å². The van der Waals surface area contributed by atoms with Gasteiger partial charge < -0.3 is 28.6 Å². The third-order valence-electron chi connectivity index (χ3n) is 8.52. The maximum Gasteiger partial charge on any atom is 0.215 e. The quantitative estimate of drug-likeness (QED) is 0.153. The Morgan fingerprint density at radius 1 is 0.915 bits per heavy atom. The number of benzene rings is 3. The van der Waals surface area contributed by atoms with Crippen LogP contribution in [0.25, 0.3) is 5.69 Å². The number of hydrogen-bond acceptors (Lipinski definition) is 9. The topological polar surface area (TPSA) is 82.7 Å². The minimum atomic E-state index is -1.08. The van der Waals surface area contributed by atoms with Gasteiger partial charge in [-0.2, -0.15) is 0 Å². The number of imidazole rings is 1. The van der Waals surface area contributed by atoms with E-state index >= 15 is 0 Å². The van der Waals surface area contributed by atoms with Crippen LogP contribution in [0.1, 0.15) is 11.4 Å². The Bertz CT molecular complexity index is 1800. The lowest BCUT2D eigenvalue weighted by atomic mass is 10.1. The summed E-state index contributed by atoms with van der Waals surface area (Å²) in [4.78, 5) is 9.00. The van der Waals surface area contributed by atoms with E-state index in [-0.39, 0.29) is 6.10 Å². The molecule has 0 spiro atoms. The summed E-state index contributed by atoms with van der Waals surface area (Å²) in [5.74, 6) is 0.579. The Morgan fingerprint density at radius 2 is 1.60 bits per heavy atom. The average molecular weight is 693 g/mol. The molecule has 7 rings (SSSR count). The zero-order valence-electron chi connectivity index (χ0n) is 26.1. The summed E-state index contributed by atoms with van der Waals surface area (Å²) in [5, 5.41) is 10.4. The van der Waals surface area contributed by atoms with E-state index in [9.17, 15) is 0 Å². The summed E-state index contributed by atoms with van der Waals surface area (Å²) in [7, 11) is 0. The zero-order valence-corrected chi connectivity index (χ0v) is 28.5. The summed E-state index contributed by atoms with van der Waals surface area (Å²) in [6.07, 6.45) is 7.04. The number of hydrogen-bond donors (Lipinski definition) is 0. The van der Waals surface area contributed by atoms with Crippen LogP contribution in [0.5, 0.6) is 5.75 Å². The molecule has 2 atom stereocenters. The van der Waals surface area contributed by atoms with Crippen LogP contribution in [0, 0.1) is 6.92 Å². The molecule has 2 fully saturated rings. The molecule has 0 saturated carbocycles. The average Bonchev–Trinajstić information content (AvgIpc) is 3.85. The summed E-state index contributed by atoms with van der Waals surface area (Å²) < 4.78 is 23.0. The van der Waals surface area contributed by atoms with Gasteiger partial charge in [-0.25, -0.2) is 4.98 Å². The molecule has 0 aliphatic carbocycles. The molecule has 10 nitrogen and oxygen atoms in total. The number of rotatable bonds is 10. The van der Waals surface area contributed by atoms with Gasteiger partial charge in [0.25, 0.3) is 0 Å². The van der Waals surface area contributed by atoms with Crippen LogP contribution < -0.4 is 14.5 Å². The number of ether oxygens (including phenoxy) is 3. The van der Waals surface area contributed by atoms with Crippen LogP contribution >= 0.6 is 35.0 Å². The number of aryl methyl sites for hydroxylation is 1. The van der Waals surface area contributed by atoms with Gasteiger partial charge in [-0.1, -0.05) is 41.0 Å². The molecule has 2 aliphatic rings. The minimum Gasteiger partial charge on any atom is -0.491 e. The Labute approximate surface area is 288 Å². The lowest BCUT2D eigenvalue weighted by Crippen LogP contribution is -2.46. The molecular formula is C34H35Cl2N7O3S. The summed E-state index contributed by atoms with van der Waals surface area (Å²) >= 11 is 14.4. The maximum atomic E-state index is 6.60. The smallest absolute Gasteiger partial charge is 0.215 e. The number of anilines is 2. The first-order valence-corrected chi connectivity index (χ1v) is 17.4. The van der Waals surface area contributed by atoms with Crippen molar-refractivity contribution >= 4 is 46.3 Å². The highest BCUT2D eigenvalue weighted by molar-refractivity contribution is 7.98. The normalized spacial score (nSPS) is 19.8. The van der Waals surface area contributed by atoms with Crippen molar-refractivity contribution in [1.29, 1.82) is 0 Å². The predicted octanol–water partition coefficient (Wildman–Crippen LogP) is 6.47. The van der Waals surface area contributed by atoms with E-state index in [4.69, 9.17) is 37.4 Å². The van der Waals surface area contributed by atoms with Gasteiger partial charge in [-0.3, -0.25) is 4.57 Å². The fourth-order valence-electron chi connectivity index (χ4n) is 6.13. The van der Waals surface area contributed by atoms with E-state index in [2.05, 4.69) is 65.9 Å². The molecule has 0 amide bonds. The van der Waals surface area contributed by atoms with Crippen molar-refractivity contribution in [3.8, 4) is 11.4 Å². The van der Waals surface area contributed by atoms with Crippen molar-refractivity contribution in [3.63, 3.8) is 0 Å². The van der Waals surface area contributed by atoms with Crippen LogP contribution in [0.4, 0.5) is 11.4 Å². The molecule has 2 saturated heterocycles. The maximum absolute atomic E-state index is 6.60. The standard InChI is InChI=1S/C34H35Cl2N7O3S/c1-24-38-39-33(47-2)43(24)28-6-4-26(5-7-28)41-15-17-42(18-16-41)27-8-10-29(11-9-27)44-20-30-21-45-34(46-30,22-40-14-13-37-23-40)31-12-3-25(35)19-32(31)36/h3-14,19,23,30H,15-18,20-22H2,1-2H3. The van der Waals surface area contributed by atoms with Crippen LogP contribution in [0.3, 0.4) is 0 Å². The summed E-state index contributed by atoms with van der Waals surface area (Å²) in [6, 6.07) is 22.3.